The number of rotatable bonds is 2. The van der Waals surface area contributed by atoms with Crippen LogP contribution < -0.4 is 5.73 Å². The number of carbonyl (C=O) groups is 1. The number of nitrogens with two attached hydrogens (primary N) is 1. The van der Waals surface area contributed by atoms with E-state index in [0.29, 0.717) is 0 Å². The fourth-order valence-electron chi connectivity index (χ4n) is 3.77. The van der Waals surface area contributed by atoms with Gasteiger partial charge in [0.25, 0.3) is 0 Å². The Morgan fingerprint density at radius 1 is 1.19 bits per heavy atom. The average Bonchev–Trinajstić information content (AvgIpc) is 2.96. The van der Waals surface area contributed by atoms with E-state index >= 15 is 0 Å². The Balaban J connectivity index is 1.78. The minimum atomic E-state index is 0.0125. The van der Waals surface area contributed by atoms with E-state index in [1.807, 2.05) is 23.1 Å². The molecule has 2 fully saturated rings. The van der Waals surface area contributed by atoms with E-state index in [4.69, 9.17) is 17.3 Å². The fraction of sp³-hybridized carbons (Fsp3) is 0.588. The monoisotopic (exact) mass is 306 g/mol. The molecule has 2 N–H and O–H groups in total. The fourth-order valence-corrected chi connectivity index (χ4v) is 3.97. The van der Waals surface area contributed by atoms with Gasteiger partial charge in [0.05, 0.1) is 12.0 Å². The van der Waals surface area contributed by atoms with Crippen LogP contribution in [0, 0.1) is 5.92 Å². The molecule has 3 nitrogen and oxygen atoms in total. The lowest BCUT2D eigenvalue weighted by molar-refractivity contribution is -0.138. The number of nitrogens with zero attached hydrogens (tertiary/aromatic N) is 1. The van der Waals surface area contributed by atoms with Crippen LogP contribution in [0.2, 0.25) is 5.02 Å². The van der Waals surface area contributed by atoms with Crippen LogP contribution in [0.3, 0.4) is 0 Å². The Labute approximate surface area is 131 Å². The molecule has 21 heavy (non-hydrogen) atoms. The van der Waals surface area contributed by atoms with E-state index in [1.165, 1.54) is 0 Å². The highest BCUT2D eigenvalue weighted by Gasteiger charge is 2.37. The second-order valence-electron chi connectivity index (χ2n) is 6.30. The third kappa shape index (κ3) is 3.09. The first kappa shape index (κ1) is 14.9. The number of carbonyl (C=O) groups excluding carboxylic acids is 1. The maximum absolute atomic E-state index is 12.9. The normalized spacial score (nSPS) is 29.6. The third-order valence-corrected chi connectivity index (χ3v) is 5.14. The number of amides is 1. The van der Waals surface area contributed by atoms with Gasteiger partial charge in [-0.2, -0.15) is 0 Å². The number of halogens is 1. The van der Waals surface area contributed by atoms with Gasteiger partial charge in [0, 0.05) is 17.6 Å². The molecule has 1 aromatic carbocycles. The first-order valence-corrected chi connectivity index (χ1v) is 8.36. The highest BCUT2D eigenvalue weighted by atomic mass is 35.5. The van der Waals surface area contributed by atoms with Crippen LogP contribution in [0.4, 0.5) is 0 Å². The lowest BCUT2D eigenvalue weighted by atomic mass is 9.84. The second-order valence-corrected chi connectivity index (χ2v) is 6.74. The average molecular weight is 307 g/mol. The molecular formula is C17H23ClN2O. The molecule has 1 saturated heterocycles. The molecule has 0 spiro atoms. The smallest absolute Gasteiger partial charge is 0.227 e. The maximum atomic E-state index is 12.9. The van der Waals surface area contributed by atoms with Gasteiger partial charge in [0.2, 0.25) is 5.91 Å². The molecule has 3 rings (SSSR count). The quantitative estimate of drug-likeness (QED) is 0.908. The van der Waals surface area contributed by atoms with Crippen molar-refractivity contribution in [2.45, 2.75) is 50.6 Å². The van der Waals surface area contributed by atoms with Crippen LogP contribution in [0.1, 0.15) is 50.1 Å². The summed E-state index contributed by atoms with van der Waals surface area (Å²) in [7, 11) is 0. The van der Waals surface area contributed by atoms with Crippen LogP contribution in [0.25, 0.3) is 0 Å². The molecule has 1 aliphatic heterocycles. The van der Waals surface area contributed by atoms with Crippen molar-refractivity contribution < 1.29 is 4.79 Å². The van der Waals surface area contributed by atoms with Gasteiger partial charge in [-0.05, 0) is 43.4 Å². The van der Waals surface area contributed by atoms with Gasteiger partial charge < -0.3 is 10.6 Å². The van der Waals surface area contributed by atoms with Crippen molar-refractivity contribution in [1.82, 2.24) is 4.90 Å². The van der Waals surface area contributed by atoms with Crippen molar-refractivity contribution in [2.24, 2.45) is 11.7 Å². The van der Waals surface area contributed by atoms with Crippen LogP contribution in [-0.4, -0.2) is 23.4 Å². The van der Waals surface area contributed by atoms with Crippen molar-refractivity contribution in [2.75, 3.05) is 6.54 Å². The summed E-state index contributed by atoms with van der Waals surface area (Å²) in [6.07, 6.45) is 6.28. The Bertz CT molecular complexity index is 519. The predicted octanol–water partition coefficient (Wildman–Crippen LogP) is 3.52. The minimum Gasteiger partial charge on any atom is -0.335 e. The molecule has 1 heterocycles. The minimum absolute atomic E-state index is 0.0125. The van der Waals surface area contributed by atoms with Crippen LogP contribution in [-0.2, 0) is 4.79 Å². The van der Waals surface area contributed by atoms with Gasteiger partial charge in [0.15, 0.2) is 0 Å². The number of likely N-dealkylation sites (tertiary alicyclic amines) is 1. The summed E-state index contributed by atoms with van der Waals surface area (Å²) < 4.78 is 0. The van der Waals surface area contributed by atoms with E-state index in [-0.39, 0.29) is 23.9 Å². The summed E-state index contributed by atoms with van der Waals surface area (Å²) in [5, 5.41) is 0.737. The largest absolute Gasteiger partial charge is 0.335 e. The SMILES string of the molecule is NC1CCCCC1C(=O)N1CCCC1c1cccc(Cl)c1. The highest BCUT2D eigenvalue weighted by molar-refractivity contribution is 6.30. The topological polar surface area (TPSA) is 46.3 Å². The van der Waals surface area contributed by atoms with Crippen LogP contribution in [0.15, 0.2) is 24.3 Å². The summed E-state index contributed by atoms with van der Waals surface area (Å²) in [5.41, 5.74) is 7.34. The molecule has 3 atom stereocenters. The zero-order valence-corrected chi connectivity index (χ0v) is 13.1. The second kappa shape index (κ2) is 6.37. The van der Waals surface area contributed by atoms with Crippen molar-refractivity contribution in [3.63, 3.8) is 0 Å². The predicted molar refractivity (Wildman–Crippen MR) is 85.1 cm³/mol. The van der Waals surface area contributed by atoms with Gasteiger partial charge in [-0.25, -0.2) is 0 Å². The molecular weight excluding hydrogens is 284 g/mol. The molecule has 1 aliphatic carbocycles. The van der Waals surface area contributed by atoms with E-state index in [1.54, 1.807) is 0 Å². The van der Waals surface area contributed by atoms with Gasteiger partial charge >= 0.3 is 0 Å². The molecule has 114 valence electrons. The van der Waals surface area contributed by atoms with E-state index in [2.05, 4.69) is 6.07 Å². The van der Waals surface area contributed by atoms with Gasteiger partial charge in [-0.1, -0.05) is 36.6 Å². The van der Waals surface area contributed by atoms with Gasteiger partial charge in [0.1, 0.15) is 0 Å². The number of hydrogen-bond donors (Lipinski definition) is 1. The Morgan fingerprint density at radius 3 is 2.76 bits per heavy atom. The van der Waals surface area contributed by atoms with Crippen molar-refractivity contribution in [1.29, 1.82) is 0 Å². The van der Waals surface area contributed by atoms with Gasteiger partial charge in [-0.15, -0.1) is 0 Å². The first-order valence-electron chi connectivity index (χ1n) is 7.98. The van der Waals surface area contributed by atoms with Crippen LogP contribution >= 0.6 is 11.6 Å². The Morgan fingerprint density at radius 2 is 2.00 bits per heavy atom. The molecule has 4 heteroatoms. The van der Waals surface area contributed by atoms with Crippen LogP contribution in [0.5, 0.6) is 0 Å². The van der Waals surface area contributed by atoms with Crippen molar-refractivity contribution in [3.8, 4) is 0 Å². The zero-order valence-electron chi connectivity index (χ0n) is 12.3. The van der Waals surface area contributed by atoms with E-state index < -0.39 is 0 Å². The summed E-state index contributed by atoms with van der Waals surface area (Å²) in [5.74, 6) is 0.267. The lowest BCUT2D eigenvalue weighted by Gasteiger charge is -2.34. The molecule has 0 aromatic heterocycles. The molecule has 3 unspecified atom stereocenters. The van der Waals surface area contributed by atoms with Gasteiger partial charge in [-0.3, -0.25) is 4.79 Å². The molecule has 1 amide bonds. The lowest BCUT2D eigenvalue weighted by Crippen LogP contribution is -2.45. The van der Waals surface area contributed by atoms with Crippen molar-refractivity contribution >= 4 is 17.5 Å². The summed E-state index contributed by atoms with van der Waals surface area (Å²) >= 11 is 6.10. The van der Waals surface area contributed by atoms with Crippen molar-refractivity contribution in [3.05, 3.63) is 34.9 Å². The number of benzene rings is 1. The molecule has 1 aromatic rings. The van der Waals surface area contributed by atoms with E-state index in [9.17, 15) is 4.79 Å². The Kier molecular flexibility index (Phi) is 4.51. The number of hydrogen-bond acceptors (Lipinski definition) is 2. The maximum Gasteiger partial charge on any atom is 0.227 e. The summed E-state index contributed by atoms with van der Waals surface area (Å²) in [4.78, 5) is 14.9. The summed E-state index contributed by atoms with van der Waals surface area (Å²) in [6.45, 7) is 0.846. The standard InChI is InChI=1S/C17H23ClN2O/c18-13-6-3-5-12(11-13)16-9-4-10-20(16)17(21)14-7-1-2-8-15(14)19/h3,5-6,11,14-16H,1-2,4,7-10,19H2. The molecule has 0 radical (unpaired) electrons. The molecule has 1 saturated carbocycles. The highest BCUT2D eigenvalue weighted by Crippen LogP contribution is 2.36. The van der Waals surface area contributed by atoms with E-state index in [0.717, 1.165) is 55.7 Å². The third-order valence-electron chi connectivity index (χ3n) is 4.91. The first-order chi connectivity index (χ1) is 10.2. The Hall–Kier alpha value is -1.06. The molecule has 2 aliphatic rings. The zero-order chi connectivity index (χ0) is 14.8. The summed E-state index contributed by atoms with van der Waals surface area (Å²) in [6, 6.07) is 8.10. The molecule has 0 bridgehead atoms.